The monoisotopic (exact) mass is 154 g/mol. The predicted molar refractivity (Wildman–Crippen MR) is 47.6 cm³/mol. The van der Waals surface area contributed by atoms with Crippen molar-refractivity contribution in [2.45, 2.75) is 39.2 Å². The number of rotatable bonds is 3. The summed E-state index contributed by atoms with van der Waals surface area (Å²) in [4.78, 5) is 0. The summed E-state index contributed by atoms with van der Waals surface area (Å²) in [7, 11) is 0. The van der Waals surface area contributed by atoms with Crippen LogP contribution in [0.2, 0.25) is 0 Å². The molecule has 1 aliphatic rings. The van der Waals surface area contributed by atoms with Crippen molar-refractivity contribution in [3.05, 3.63) is 12.2 Å². The number of hydrogen-bond donors (Lipinski definition) is 0. The molecule has 0 N–H and O–H groups in total. The highest BCUT2D eigenvalue weighted by molar-refractivity contribution is 4.79. The first-order valence-corrected chi connectivity index (χ1v) is 4.55. The largest absolute Gasteiger partial charge is 0.374 e. The molecule has 0 unspecified atom stereocenters. The van der Waals surface area contributed by atoms with Crippen molar-refractivity contribution in [2.75, 3.05) is 6.61 Å². The average Bonchev–Trinajstić information content (AvgIpc) is 2.37. The molecule has 2 atom stereocenters. The van der Waals surface area contributed by atoms with E-state index in [9.17, 15) is 0 Å². The van der Waals surface area contributed by atoms with Gasteiger partial charge in [-0.05, 0) is 32.1 Å². The first-order chi connectivity index (χ1) is 5.33. The molecule has 1 saturated carbocycles. The molecule has 0 spiro atoms. The number of allylic oxidation sites excluding steroid dienone is 1. The van der Waals surface area contributed by atoms with Gasteiger partial charge in [0.15, 0.2) is 0 Å². The lowest BCUT2D eigenvalue weighted by Crippen LogP contribution is -2.07. The third kappa shape index (κ3) is 3.06. The Morgan fingerprint density at radius 1 is 1.45 bits per heavy atom. The SMILES string of the molecule is C/C=C/CO[C@H]1CC[C@@H](C)C1. The Hall–Kier alpha value is -0.300. The predicted octanol–water partition coefficient (Wildman–Crippen LogP) is 2.77. The maximum Gasteiger partial charge on any atom is 0.0651 e. The average molecular weight is 154 g/mol. The Bertz CT molecular complexity index is 129. The van der Waals surface area contributed by atoms with Crippen LogP contribution < -0.4 is 0 Å². The van der Waals surface area contributed by atoms with Crippen LogP contribution in [0.1, 0.15) is 33.1 Å². The molecule has 0 aromatic carbocycles. The van der Waals surface area contributed by atoms with Crippen molar-refractivity contribution in [1.82, 2.24) is 0 Å². The molecule has 0 aromatic rings. The van der Waals surface area contributed by atoms with E-state index in [-0.39, 0.29) is 0 Å². The van der Waals surface area contributed by atoms with Crippen LogP contribution in [-0.4, -0.2) is 12.7 Å². The summed E-state index contributed by atoms with van der Waals surface area (Å²) in [5.74, 6) is 0.880. The molecular weight excluding hydrogens is 136 g/mol. The van der Waals surface area contributed by atoms with E-state index in [0.29, 0.717) is 6.10 Å². The highest BCUT2D eigenvalue weighted by atomic mass is 16.5. The van der Waals surface area contributed by atoms with Crippen molar-refractivity contribution in [1.29, 1.82) is 0 Å². The molecule has 0 radical (unpaired) electrons. The van der Waals surface area contributed by atoms with Gasteiger partial charge in [-0.25, -0.2) is 0 Å². The van der Waals surface area contributed by atoms with E-state index < -0.39 is 0 Å². The van der Waals surface area contributed by atoms with Crippen LogP contribution in [0.25, 0.3) is 0 Å². The molecule has 1 nitrogen and oxygen atoms in total. The number of ether oxygens (including phenoxy) is 1. The molecule has 64 valence electrons. The van der Waals surface area contributed by atoms with E-state index in [1.807, 2.05) is 13.0 Å². The highest BCUT2D eigenvalue weighted by Crippen LogP contribution is 2.26. The lowest BCUT2D eigenvalue weighted by atomic mass is 10.1. The summed E-state index contributed by atoms with van der Waals surface area (Å²) in [5, 5.41) is 0. The summed E-state index contributed by atoms with van der Waals surface area (Å²) >= 11 is 0. The van der Waals surface area contributed by atoms with Crippen molar-refractivity contribution in [3.63, 3.8) is 0 Å². The van der Waals surface area contributed by atoms with Crippen molar-refractivity contribution < 1.29 is 4.74 Å². The van der Waals surface area contributed by atoms with Gasteiger partial charge in [0.1, 0.15) is 0 Å². The zero-order valence-corrected chi connectivity index (χ0v) is 7.55. The Labute approximate surface area is 69.4 Å². The quantitative estimate of drug-likeness (QED) is 0.568. The first kappa shape index (κ1) is 8.79. The minimum atomic E-state index is 0.543. The summed E-state index contributed by atoms with van der Waals surface area (Å²) in [5.41, 5.74) is 0. The molecule has 1 rings (SSSR count). The zero-order valence-electron chi connectivity index (χ0n) is 7.55. The number of hydrogen-bond acceptors (Lipinski definition) is 1. The molecule has 0 heterocycles. The fourth-order valence-electron chi connectivity index (χ4n) is 1.59. The van der Waals surface area contributed by atoms with E-state index in [1.165, 1.54) is 19.3 Å². The molecule has 0 amide bonds. The van der Waals surface area contributed by atoms with E-state index in [1.54, 1.807) is 0 Å². The second-order valence-electron chi connectivity index (χ2n) is 3.44. The Morgan fingerprint density at radius 2 is 2.27 bits per heavy atom. The molecule has 0 bridgehead atoms. The van der Waals surface area contributed by atoms with Crippen molar-refractivity contribution >= 4 is 0 Å². The Balaban J connectivity index is 2.08. The molecule has 0 saturated heterocycles. The highest BCUT2D eigenvalue weighted by Gasteiger charge is 2.20. The third-order valence-electron chi connectivity index (χ3n) is 2.31. The molecule has 1 heteroatoms. The van der Waals surface area contributed by atoms with Gasteiger partial charge in [0.2, 0.25) is 0 Å². The van der Waals surface area contributed by atoms with Crippen LogP contribution in [0.4, 0.5) is 0 Å². The van der Waals surface area contributed by atoms with Gasteiger partial charge in [-0.3, -0.25) is 0 Å². The minimum Gasteiger partial charge on any atom is -0.374 e. The van der Waals surface area contributed by atoms with Gasteiger partial charge in [0.05, 0.1) is 12.7 Å². The lowest BCUT2D eigenvalue weighted by Gasteiger charge is -2.08. The van der Waals surface area contributed by atoms with Crippen LogP contribution in [0.3, 0.4) is 0 Å². The molecule has 11 heavy (non-hydrogen) atoms. The van der Waals surface area contributed by atoms with Crippen LogP contribution in [0.5, 0.6) is 0 Å². The minimum absolute atomic E-state index is 0.543. The van der Waals surface area contributed by atoms with Gasteiger partial charge in [0, 0.05) is 0 Å². The van der Waals surface area contributed by atoms with Gasteiger partial charge in [0.25, 0.3) is 0 Å². The van der Waals surface area contributed by atoms with Crippen LogP contribution >= 0.6 is 0 Å². The van der Waals surface area contributed by atoms with Crippen LogP contribution in [0, 0.1) is 5.92 Å². The van der Waals surface area contributed by atoms with Gasteiger partial charge in [-0.15, -0.1) is 0 Å². The summed E-state index contributed by atoms with van der Waals surface area (Å²) in [6, 6.07) is 0. The fourth-order valence-corrected chi connectivity index (χ4v) is 1.59. The van der Waals surface area contributed by atoms with Crippen LogP contribution in [0.15, 0.2) is 12.2 Å². The Morgan fingerprint density at radius 3 is 2.82 bits per heavy atom. The molecule has 0 aromatic heterocycles. The summed E-state index contributed by atoms with van der Waals surface area (Å²) < 4.78 is 5.63. The van der Waals surface area contributed by atoms with Gasteiger partial charge in [-0.2, -0.15) is 0 Å². The zero-order chi connectivity index (χ0) is 8.10. The molecule has 1 aliphatic carbocycles. The maximum absolute atomic E-state index is 5.63. The molecule has 0 aliphatic heterocycles. The summed E-state index contributed by atoms with van der Waals surface area (Å²) in [6.07, 6.45) is 8.53. The van der Waals surface area contributed by atoms with E-state index in [4.69, 9.17) is 4.74 Å². The summed E-state index contributed by atoms with van der Waals surface area (Å²) in [6.45, 7) is 5.13. The second kappa shape index (κ2) is 4.55. The van der Waals surface area contributed by atoms with E-state index in [0.717, 1.165) is 12.5 Å². The standard InChI is InChI=1S/C10H18O/c1-3-4-7-11-10-6-5-9(2)8-10/h3-4,9-10H,5-8H2,1-2H3/b4-3+/t9-,10+/m1/s1. The molecule has 1 fully saturated rings. The van der Waals surface area contributed by atoms with Gasteiger partial charge in [-0.1, -0.05) is 19.1 Å². The Kier molecular flexibility index (Phi) is 3.64. The first-order valence-electron chi connectivity index (χ1n) is 4.55. The normalized spacial score (nSPS) is 31.8. The van der Waals surface area contributed by atoms with Gasteiger partial charge >= 0.3 is 0 Å². The fraction of sp³-hybridized carbons (Fsp3) is 0.800. The van der Waals surface area contributed by atoms with Crippen LogP contribution in [-0.2, 0) is 4.74 Å². The van der Waals surface area contributed by atoms with Crippen molar-refractivity contribution in [2.24, 2.45) is 5.92 Å². The van der Waals surface area contributed by atoms with Gasteiger partial charge < -0.3 is 4.74 Å². The lowest BCUT2D eigenvalue weighted by molar-refractivity contribution is 0.0773. The van der Waals surface area contributed by atoms with Crippen molar-refractivity contribution in [3.8, 4) is 0 Å². The molecular formula is C10H18O. The van der Waals surface area contributed by atoms with E-state index >= 15 is 0 Å². The third-order valence-corrected chi connectivity index (χ3v) is 2.31. The smallest absolute Gasteiger partial charge is 0.0651 e. The maximum atomic E-state index is 5.63. The van der Waals surface area contributed by atoms with E-state index in [2.05, 4.69) is 13.0 Å². The topological polar surface area (TPSA) is 9.23 Å². The second-order valence-corrected chi connectivity index (χ2v) is 3.44.